The van der Waals surface area contributed by atoms with Gasteiger partial charge in [-0.15, -0.1) is 0 Å². The maximum Gasteiger partial charge on any atom is 0.148 e. The SMILES string of the molecule is CC(CS(C)(=O)=O)N1CCC(N)C1. The molecule has 1 fully saturated rings. The second-order valence-electron chi connectivity index (χ2n) is 3.99. The minimum absolute atomic E-state index is 0.101. The van der Waals surface area contributed by atoms with Crippen LogP contribution in [0.5, 0.6) is 0 Å². The summed E-state index contributed by atoms with van der Waals surface area (Å²) < 4.78 is 22.0. The van der Waals surface area contributed by atoms with Crippen LogP contribution in [-0.4, -0.2) is 50.5 Å². The van der Waals surface area contributed by atoms with Gasteiger partial charge < -0.3 is 5.73 Å². The molecule has 0 bridgehead atoms. The highest BCUT2D eigenvalue weighted by Crippen LogP contribution is 2.11. The molecule has 5 heteroatoms. The van der Waals surface area contributed by atoms with Crippen LogP contribution in [0.4, 0.5) is 0 Å². The van der Waals surface area contributed by atoms with Crippen molar-refractivity contribution < 1.29 is 8.42 Å². The summed E-state index contributed by atoms with van der Waals surface area (Å²) in [4.78, 5) is 2.14. The van der Waals surface area contributed by atoms with Crippen molar-refractivity contribution in [3.63, 3.8) is 0 Å². The second-order valence-corrected chi connectivity index (χ2v) is 6.17. The van der Waals surface area contributed by atoms with Gasteiger partial charge in [0.1, 0.15) is 9.84 Å². The second kappa shape index (κ2) is 3.94. The molecule has 1 rings (SSSR count). The first-order valence-corrected chi connectivity index (χ1v) is 6.62. The minimum Gasteiger partial charge on any atom is -0.326 e. The molecule has 1 saturated heterocycles. The van der Waals surface area contributed by atoms with Gasteiger partial charge in [0.15, 0.2) is 0 Å². The fraction of sp³-hybridized carbons (Fsp3) is 1.00. The Labute approximate surface area is 80.0 Å². The van der Waals surface area contributed by atoms with Crippen LogP contribution in [0.15, 0.2) is 0 Å². The van der Waals surface area contributed by atoms with Crippen LogP contribution in [-0.2, 0) is 9.84 Å². The number of likely N-dealkylation sites (tertiary alicyclic amines) is 1. The van der Waals surface area contributed by atoms with Crippen molar-refractivity contribution >= 4 is 9.84 Å². The van der Waals surface area contributed by atoms with Crippen molar-refractivity contribution in [1.82, 2.24) is 4.90 Å². The van der Waals surface area contributed by atoms with Gasteiger partial charge >= 0.3 is 0 Å². The van der Waals surface area contributed by atoms with Gasteiger partial charge in [-0.05, 0) is 13.3 Å². The van der Waals surface area contributed by atoms with Crippen molar-refractivity contribution in [2.45, 2.75) is 25.4 Å². The number of nitrogens with two attached hydrogens (primary N) is 1. The summed E-state index contributed by atoms with van der Waals surface area (Å²) in [7, 11) is -2.86. The lowest BCUT2D eigenvalue weighted by Crippen LogP contribution is -2.37. The summed E-state index contributed by atoms with van der Waals surface area (Å²) >= 11 is 0. The van der Waals surface area contributed by atoms with E-state index in [1.807, 2.05) is 6.92 Å². The highest BCUT2D eigenvalue weighted by atomic mass is 32.2. The largest absolute Gasteiger partial charge is 0.326 e. The molecule has 0 radical (unpaired) electrons. The zero-order valence-electron chi connectivity index (χ0n) is 8.23. The molecule has 4 nitrogen and oxygen atoms in total. The average Bonchev–Trinajstić information content (AvgIpc) is 2.31. The fourth-order valence-electron chi connectivity index (χ4n) is 1.76. The summed E-state index contributed by atoms with van der Waals surface area (Å²) in [5.74, 6) is 0.236. The minimum atomic E-state index is -2.86. The van der Waals surface area contributed by atoms with Crippen molar-refractivity contribution in [3.05, 3.63) is 0 Å². The first-order valence-electron chi connectivity index (χ1n) is 4.56. The highest BCUT2D eigenvalue weighted by molar-refractivity contribution is 7.90. The Morgan fingerprint density at radius 2 is 2.23 bits per heavy atom. The van der Waals surface area contributed by atoms with Gasteiger partial charge in [0.05, 0.1) is 5.75 Å². The Hall–Kier alpha value is -0.130. The highest BCUT2D eigenvalue weighted by Gasteiger charge is 2.25. The molecular formula is C8H18N2O2S. The molecule has 0 aromatic rings. The number of hydrogen-bond donors (Lipinski definition) is 1. The monoisotopic (exact) mass is 206 g/mol. The van der Waals surface area contributed by atoms with Gasteiger partial charge in [0, 0.05) is 31.4 Å². The van der Waals surface area contributed by atoms with E-state index in [9.17, 15) is 8.42 Å². The molecule has 1 aliphatic rings. The molecule has 0 aromatic heterocycles. The lowest BCUT2D eigenvalue weighted by atomic mass is 10.3. The predicted octanol–water partition coefficient (Wildman–Crippen LogP) is -0.547. The Balaban J connectivity index is 2.45. The summed E-state index contributed by atoms with van der Waals surface area (Å²) in [5.41, 5.74) is 5.74. The third kappa shape index (κ3) is 3.62. The van der Waals surface area contributed by atoms with Crippen LogP contribution in [0.1, 0.15) is 13.3 Å². The summed E-state index contributed by atoms with van der Waals surface area (Å²) in [6, 6.07) is 0.325. The molecule has 0 aliphatic carbocycles. The molecule has 1 aliphatic heterocycles. The van der Waals surface area contributed by atoms with Crippen molar-refractivity contribution in [2.24, 2.45) is 5.73 Å². The standard InChI is InChI=1S/C8H18N2O2S/c1-7(6-13(2,11)12)10-4-3-8(9)5-10/h7-8H,3-6,9H2,1-2H3. The van der Waals surface area contributed by atoms with Gasteiger partial charge in [-0.2, -0.15) is 0 Å². The smallest absolute Gasteiger partial charge is 0.148 e. The molecule has 2 unspecified atom stereocenters. The van der Waals surface area contributed by atoms with E-state index in [0.29, 0.717) is 0 Å². The molecule has 1 heterocycles. The van der Waals surface area contributed by atoms with E-state index in [1.165, 1.54) is 6.26 Å². The summed E-state index contributed by atoms with van der Waals surface area (Å²) in [6.07, 6.45) is 2.26. The molecular weight excluding hydrogens is 188 g/mol. The summed E-state index contributed by atoms with van der Waals surface area (Å²) in [5, 5.41) is 0. The van der Waals surface area contributed by atoms with Crippen molar-refractivity contribution in [2.75, 3.05) is 25.1 Å². The Bertz CT molecular complexity index is 263. The van der Waals surface area contributed by atoms with Crippen LogP contribution < -0.4 is 5.73 Å². The Morgan fingerprint density at radius 1 is 1.62 bits per heavy atom. The Morgan fingerprint density at radius 3 is 2.62 bits per heavy atom. The predicted molar refractivity (Wildman–Crippen MR) is 53.3 cm³/mol. The van der Waals surface area contributed by atoms with E-state index in [2.05, 4.69) is 4.90 Å². The lowest BCUT2D eigenvalue weighted by Gasteiger charge is -2.22. The Kier molecular flexibility index (Phi) is 3.32. The zero-order valence-corrected chi connectivity index (χ0v) is 9.05. The number of hydrogen-bond acceptors (Lipinski definition) is 4. The van der Waals surface area contributed by atoms with Crippen LogP contribution in [0.25, 0.3) is 0 Å². The zero-order chi connectivity index (χ0) is 10.1. The maximum atomic E-state index is 11.0. The molecule has 2 atom stereocenters. The van der Waals surface area contributed by atoms with E-state index in [0.717, 1.165) is 19.5 Å². The molecule has 13 heavy (non-hydrogen) atoms. The number of nitrogens with zero attached hydrogens (tertiary/aromatic N) is 1. The van der Waals surface area contributed by atoms with E-state index in [1.54, 1.807) is 0 Å². The van der Waals surface area contributed by atoms with Gasteiger partial charge in [-0.1, -0.05) is 0 Å². The molecule has 78 valence electrons. The third-order valence-corrected chi connectivity index (χ3v) is 3.51. The number of rotatable bonds is 3. The maximum absolute atomic E-state index is 11.0. The van der Waals surface area contributed by atoms with Crippen LogP contribution in [0.2, 0.25) is 0 Å². The third-order valence-electron chi connectivity index (χ3n) is 2.42. The van der Waals surface area contributed by atoms with Gasteiger partial charge in [-0.25, -0.2) is 8.42 Å². The van der Waals surface area contributed by atoms with Crippen LogP contribution in [0, 0.1) is 0 Å². The van der Waals surface area contributed by atoms with Gasteiger partial charge in [-0.3, -0.25) is 4.90 Å². The van der Waals surface area contributed by atoms with Gasteiger partial charge in [0.25, 0.3) is 0 Å². The van der Waals surface area contributed by atoms with E-state index in [-0.39, 0.29) is 17.8 Å². The van der Waals surface area contributed by atoms with E-state index < -0.39 is 9.84 Å². The topological polar surface area (TPSA) is 63.4 Å². The van der Waals surface area contributed by atoms with Gasteiger partial charge in [0.2, 0.25) is 0 Å². The first-order chi connectivity index (χ1) is 5.88. The molecule has 2 N–H and O–H groups in total. The van der Waals surface area contributed by atoms with Crippen molar-refractivity contribution in [1.29, 1.82) is 0 Å². The quantitative estimate of drug-likeness (QED) is 0.673. The lowest BCUT2D eigenvalue weighted by molar-refractivity contribution is 0.274. The molecule has 0 aromatic carbocycles. The first kappa shape index (κ1) is 10.9. The molecule has 0 saturated carbocycles. The van der Waals surface area contributed by atoms with Crippen molar-refractivity contribution in [3.8, 4) is 0 Å². The number of sulfone groups is 1. The van der Waals surface area contributed by atoms with Crippen LogP contribution >= 0.6 is 0 Å². The normalized spacial score (nSPS) is 27.8. The average molecular weight is 206 g/mol. The van der Waals surface area contributed by atoms with E-state index in [4.69, 9.17) is 5.73 Å². The summed E-state index contributed by atoms with van der Waals surface area (Å²) in [6.45, 7) is 3.70. The molecule has 0 spiro atoms. The van der Waals surface area contributed by atoms with Crippen LogP contribution in [0.3, 0.4) is 0 Å². The molecule has 0 amide bonds. The fourth-order valence-corrected chi connectivity index (χ4v) is 2.85. The van der Waals surface area contributed by atoms with E-state index >= 15 is 0 Å².